The summed E-state index contributed by atoms with van der Waals surface area (Å²) in [5.41, 5.74) is 1.63. The van der Waals surface area contributed by atoms with Crippen molar-refractivity contribution in [3.05, 3.63) is 54.1 Å². The van der Waals surface area contributed by atoms with Gasteiger partial charge in [-0.3, -0.25) is 9.78 Å². The lowest BCUT2D eigenvalue weighted by atomic mass is 10.2. The number of carbonyl (C=O) groups is 1. The molecule has 0 aliphatic rings. The summed E-state index contributed by atoms with van der Waals surface area (Å²) in [4.78, 5) is 18.4. The third kappa shape index (κ3) is 5.67. The highest BCUT2D eigenvalue weighted by atomic mass is 19.1. The Kier molecular flexibility index (Phi) is 6.05. The molecule has 0 aliphatic carbocycles. The Hall–Kier alpha value is -2.47. The summed E-state index contributed by atoms with van der Waals surface area (Å²) in [5.74, 6) is -0.711. The Morgan fingerprint density at radius 2 is 2.04 bits per heavy atom. The topological polar surface area (TPSA) is 57.3 Å². The summed E-state index contributed by atoms with van der Waals surface area (Å²) >= 11 is 0. The van der Waals surface area contributed by atoms with Crippen LogP contribution < -0.4 is 10.6 Å². The van der Waals surface area contributed by atoms with Crippen molar-refractivity contribution >= 4 is 17.3 Å². The van der Waals surface area contributed by atoms with E-state index in [9.17, 15) is 9.18 Å². The van der Waals surface area contributed by atoms with Crippen molar-refractivity contribution in [1.82, 2.24) is 9.88 Å². The predicted octanol–water partition coefficient (Wildman–Crippen LogP) is 2.84. The van der Waals surface area contributed by atoms with Crippen LogP contribution >= 0.6 is 0 Å². The minimum atomic E-state index is -0.391. The number of aromatic nitrogens is 1. The average Bonchev–Trinajstić information content (AvgIpc) is 2.52. The van der Waals surface area contributed by atoms with Gasteiger partial charge in [-0.05, 0) is 51.3 Å². The monoisotopic (exact) mass is 316 g/mol. The minimum absolute atomic E-state index is 0.319. The van der Waals surface area contributed by atoms with E-state index in [2.05, 4.69) is 20.5 Å². The first-order chi connectivity index (χ1) is 11.0. The molecule has 0 atom stereocenters. The van der Waals surface area contributed by atoms with E-state index in [0.29, 0.717) is 11.3 Å². The zero-order chi connectivity index (χ0) is 16.7. The summed E-state index contributed by atoms with van der Waals surface area (Å²) in [6.45, 7) is 1.79. The number of carbonyl (C=O) groups excluding carboxylic acids is 1. The van der Waals surface area contributed by atoms with Crippen molar-refractivity contribution < 1.29 is 9.18 Å². The first-order valence-electron chi connectivity index (χ1n) is 7.45. The number of amides is 1. The second kappa shape index (κ2) is 8.24. The van der Waals surface area contributed by atoms with Crippen LogP contribution in [0.3, 0.4) is 0 Å². The van der Waals surface area contributed by atoms with Gasteiger partial charge in [0, 0.05) is 24.6 Å². The maximum Gasteiger partial charge on any atom is 0.257 e. The number of halogens is 1. The molecule has 0 saturated carbocycles. The van der Waals surface area contributed by atoms with Crippen LogP contribution in [0, 0.1) is 5.82 Å². The van der Waals surface area contributed by atoms with Crippen LogP contribution in [-0.2, 0) is 0 Å². The van der Waals surface area contributed by atoms with Gasteiger partial charge in [-0.15, -0.1) is 0 Å². The smallest absolute Gasteiger partial charge is 0.257 e. The summed E-state index contributed by atoms with van der Waals surface area (Å²) in [6.07, 6.45) is 4.15. The quantitative estimate of drug-likeness (QED) is 0.771. The lowest BCUT2D eigenvalue weighted by molar-refractivity contribution is 0.102. The van der Waals surface area contributed by atoms with Gasteiger partial charge in [0.2, 0.25) is 0 Å². The summed E-state index contributed by atoms with van der Waals surface area (Å²) in [6, 6.07) is 7.52. The van der Waals surface area contributed by atoms with Crippen LogP contribution in [0.2, 0.25) is 0 Å². The van der Waals surface area contributed by atoms with E-state index >= 15 is 0 Å². The number of benzene rings is 1. The van der Waals surface area contributed by atoms with Gasteiger partial charge in [0.15, 0.2) is 0 Å². The standard InChI is InChI=1S/C17H21FN4O/c1-22(2)8-4-7-20-16-9-13(11-19-12-16)17(23)21-15-6-3-5-14(18)10-15/h3,5-6,9-12,20H,4,7-8H2,1-2H3,(H,21,23). The number of rotatable bonds is 7. The largest absolute Gasteiger partial charge is 0.384 e. The fourth-order valence-corrected chi connectivity index (χ4v) is 2.06. The van der Waals surface area contributed by atoms with Gasteiger partial charge in [-0.25, -0.2) is 4.39 Å². The van der Waals surface area contributed by atoms with Gasteiger partial charge in [-0.1, -0.05) is 6.07 Å². The molecule has 5 nitrogen and oxygen atoms in total. The Labute approximate surface area is 135 Å². The third-order valence-corrected chi connectivity index (χ3v) is 3.19. The first-order valence-corrected chi connectivity index (χ1v) is 7.45. The van der Waals surface area contributed by atoms with E-state index in [1.54, 1.807) is 24.4 Å². The fourth-order valence-electron chi connectivity index (χ4n) is 2.06. The lowest BCUT2D eigenvalue weighted by Gasteiger charge is -2.11. The lowest BCUT2D eigenvalue weighted by Crippen LogP contribution is -2.17. The summed E-state index contributed by atoms with van der Waals surface area (Å²) in [7, 11) is 4.05. The van der Waals surface area contributed by atoms with Crippen LogP contribution in [-0.4, -0.2) is 43.0 Å². The second-order valence-electron chi connectivity index (χ2n) is 5.51. The highest BCUT2D eigenvalue weighted by molar-refractivity contribution is 6.04. The zero-order valence-corrected chi connectivity index (χ0v) is 13.3. The molecule has 122 valence electrons. The van der Waals surface area contributed by atoms with Crippen molar-refractivity contribution in [2.75, 3.05) is 37.8 Å². The highest BCUT2D eigenvalue weighted by Gasteiger charge is 2.08. The van der Waals surface area contributed by atoms with Crippen molar-refractivity contribution in [2.24, 2.45) is 0 Å². The molecule has 1 amide bonds. The molecule has 0 fully saturated rings. The molecule has 0 bridgehead atoms. The zero-order valence-electron chi connectivity index (χ0n) is 13.3. The molecule has 2 N–H and O–H groups in total. The highest BCUT2D eigenvalue weighted by Crippen LogP contribution is 2.13. The first kappa shape index (κ1) is 16.9. The van der Waals surface area contributed by atoms with E-state index in [4.69, 9.17) is 0 Å². The van der Waals surface area contributed by atoms with Gasteiger partial charge in [0.1, 0.15) is 5.82 Å². The minimum Gasteiger partial charge on any atom is -0.384 e. The molecule has 0 spiro atoms. The molecule has 6 heteroatoms. The number of hydrogen-bond donors (Lipinski definition) is 2. The maximum atomic E-state index is 13.1. The number of hydrogen-bond acceptors (Lipinski definition) is 4. The maximum absolute atomic E-state index is 13.1. The molecular formula is C17H21FN4O. The van der Waals surface area contributed by atoms with Gasteiger partial charge in [0.05, 0.1) is 11.3 Å². The van der Waals surface area contributed by atoms with E-state index in [0.717, 1.165) is 25.2 Å². The van der Waals surface area contributed by atoms with Gasteiger partial charge < -0.3 is 15.5 Å². The molecule has 0 saturated heterocycles. The Bertz CT molecular complexity index is 661. The molecule has 0 unspecified atom stereocenters. The molecular weight excluding hydrogens is 295 g/mol. The van der Waals surface area contributed by atoms with Crippen LogP contribution in [0.25, 0.3) is 0 Å². The van der Waals surface area contributed by atoms with Crippen molar-refractivity contribution in [3.8, 4) is 0 Å². The van der Waals surface area contributed by atoms with Crippen LogP contribution in [0.1, 0.15) is 16.8 Å². The molecule has 1 heterocycles. The van der Waals surface area contributed by atoms with Gasteiger partial charge >= 0.3 is 0 Å². The van der Waals surface area contributed by atoms with Crippen molar-refractivity contribution in [3.63, 3.8) is 0 Å². The van der Waals surface area contributed by atoms with E-state index in [1.165, 1.54) is 18.3 Å². The van der Waals surface area contributed by atoms with Gasteiger partial charge in [0.25, 0.3) is 5.91 Å². The molecule has 0 aliphatic heterocycles. The Morgan fingerprint density at radius 1 is 1.22 bits per heavy atom. The van der Waals surface area contributed by atoms with E-state index < -0.39 is 5.82 Å². The molecule has 23 heavy (non-hydrogen) atoms. The average molecular weight is 316 g/mol. The number of nitrogens with one attached hydrogen (secondary N) is 2. The molecule has 1 aromatic carbocycles. The second-order valence-corrected chi connectivity index (χ2v) is 5.51. The Morgan fingerprint density at radius 3 is 2.78 bits per heavy atom. The predicted molar refractivity (Wildman–Crippen MR) is 90.3 cm³/mol. The fraction of sp³-hybridized carbons (Fsp3) is 0.294. The number of nitrogens with zero attached hydrogens (tertiary/aromatic N) is 2. The SMILES string of the molecule is CN(C)CCCNc1cncc(C(=O)Nc2cccc(F)c2)c1. The van der Waals surface area contributed by atoms with Crippen LogP contribution in [0.4, 0.5) is 15.8 Å². The van der Waals surface area contributed by atoms with Crippen LogP contribution in [0.5, 0.6) is 0 Å². The van der Waals surface area contributed by atoms with Crippen molar-refractivity contribution in [1.29, 1.82) is 0 Å². The number of anilines is 2. The molecule has 2 aromatic rings. The molecule has 0 radical (unpaired) electrons. The van der Waals surface area contributed by atoms with E-state index in [1.807, 2.05) is 14.1 Å². The van der Waals surface area contributed by atoms with E-state index in [-0.39, 0.29) is 5.91 Å². The van der Waals surface area contributed by atoms with Crippen LogP contribution in [0.15, 0.2) is 42.7 Å². The normalized spacial score (nSPS) is 10.6. The molecule has 1 aromatic heterocycles. The molecule has 2 rings (SSSR count). The summed E-state index contributed by atoms with van der Waals surface area (Å²) in [5, 5.41) is 5.89. The number of pyridine rings is 1. The van der Waals surface area contributed by atoms with Gasteiger partial charge in [-0.2, -0.15) is 0 Å². The Balaban J connectivity index is 1.94. The summed E-state index contributed by atoms with van der Waals surface area (Å²) < 4.78 is 13.1. The van der Waals surface area contributed by atoms with Crippen molar-refractivity contribution in [2.45, 2.75) is 6.42 Å². The third-order valence-electron chi connectivity index (χ3n) is 3.19.